The molecular weight excluding hydrogens is 316 g/mol. The monoisotopic (exact) mass is 336 g/mol. The zero-order chi connectivity index (χ0) is 17.7. The minimum absolute atomic E-state index is 0.0318. The summed E-state index contributed by atoms with van der Waals surface area (Å²) in [4.78, 5) is 45.8. The van der Waals surface area contributed by atoms with Gasteiger partial charge >= 0.3 is 6.03 Å². The van der Waals surface area contributed by atoms with Gasteiger partial charge in [-0.3, -0.25) is 20.2 Å². The summed E-state index contributed by atoms with van der Waals surface area (Å²) < 4.78 is 0. The molecule has 11 nitrogen and oxygen atoms in total. The van der Waals surface area contributed by atoms with Crippen LogP contribution in [0.2, 0.25) is 0 Å². The fourth-order valence-electron chi connectivity index (χ4n) is 2.23. The zero-order valence-electron chi connectivity index (χ0n) is 13.1. The highest BCUT2D eigenvalue weighted by Crippen LogP contribution is 2.10. The van der Waals surface area contributed by atoms with Crippen LogP contribution in [0.15, 0.2) is 17.5 Å². The number of aliphatic imine (C=N–C) groups is 1. The molecule has 8 N–H and O–H groups in total. The first-order chi connectivity index (χ1) is 11.3. The number of urea groups is 1. The van der Waals surface area contributed by atoms with E-state index in [2.05, 4.69) is 30.9 Å². The summed E-state index contributed by atoms with van der Waals surface area (Å²) in [7, 11) is 0. The highest BCUT2D eigenvalue weighted by atomic mass is 16.2. The van der Waals surface area contributed by atoms with Crippen LogP contribution < -0.4 is 27.4 Å². The first kappa shape index (κ1) is 17.4. The third kappa shape index (κ3) is 4.52. The lowest BCUT2D eigenvalue weighted by atomic mass is 9.99. The van der Waals surface area contributed by atoms with Crippen molar-refractivity contribution < 1.29 is 14.4 Å². The molecular formula is C13H20N8O3. The van der Waals surface area contributed by atoms with E-state index in [1.165, 1.54) is 13.3 Å². The lowest BCUT2D eigenvalue weighted by molar-refractivity contribution is -0.132. The molecule has 130 valence electrons. The van der Waals surface area contributed by atoms with Crippen molar-refractivity contribution >= 4 is 23.8 Å². The van der Waals surface area contributed by atoms with Crippen LogP contribution in [-0.2, 0) is 16.0 Å². The first-order valence-electron chi connectivity index (χ1n) is 7.25. The smallest absolute Gasteiger partial charge is 0.318 e. The molecule has 0 fully saturated rings. The molecule has 0 spiro atoms. The number of carbonyl (C=O) groups excluding carboxylic acids is 3. The summed E-state index contributed by atoms with van der Waals surface area (Å²) in [5.74, 6) is -0.923. The molecule has 1 aromatic heterocycles. The molecule has 2 rings (SSSR count). The Morgan fingerprint density at radius 3 is 2.83 bits per heavy atom. The maximum Gasteiger partial charge on any atom is 0.318 e. The van der Waals surface area contributed by atoms with E-state index in [0.717, 1.165) is 5.69 Å². The highest BCUT2D eigenvalue weighted by molar-refractivity contribution is 6.08. The maximum absolute atomic E-state index is 12.1. The van der Waals surface area contributed by atoms with Gasteiger partial charge in [-0.1, -0.05) is 0 Å². The zero-order valence-corrected chi connectivity index (χ0v) is 13.1. The Morgan fingerprint density at radius 1 is 1.50 bits per heavy atom. The Bertz CT molecular complexity index is 656. The molecule has 0 aromatic carbocycles. The molecule has 24 heavy (non-hydrogen) atoms. The molecule has 2 unspecified atom stereocenters. The molecule has 1 aliphatic heterocycles. The van der Waals surface area contributed by atoms with E-state index < -0.39 is 23.5 Å². The van der Waals surface area contributed by atoms with Gasteiger partial charge in [-0.2, -0.15) is 0 Å². The standard InChI is InChI=1S/C13H20N8O3/c1-13(5-17-12(19-10(13)23)20-11(15)24)21-9(22)3-7(14)2-8-4-16-6-18-8/h4,6-7H,2-3,5,14H2,1H3,(H,16,18)(H,21,22)(H4,15,17,19,20,23,24). The number of aromatic amines is 1. The number of primary amides is 1. The lowest BCUT2D eigenvalue weighted by Gasteiger charge is -2.32. The second kappa shape index (κ2) is 7.08. The summed E-state index contributed by atoms with van der Waals surface area (Å²) in [6, 6.07) is -1.26. The Kier molecular flexibility index (Phi) is 5.14. The van der Waals surface area contributed by atoms with Gasteiger partial charge in [-0.15, -0.1) is 0 Å². The molecule has 0 saturated heterocycles. The number of amides is 4. The Labute approximate surface area is 137 Å². The predicted molar refractivity (Wildman–Crippen MR) is 84.6 cm³/mol. The van der Waals surface area contributed by atoms with Gasteiger partial charge in [0.1, 0.15) is 5.54 Å². The second-order valence-electron chi connectivity index (χ2n) is 5.73. The number of hydrogen-bond acceptors (Lipinski definition) is 6. The van der Waals surface area contributed by atoms with E-state index in [-0.39, 0.29) is 24.8 Å². The van der Waals surface area contributed by atoms with Crippen LogP contribution in [0.25, 0.3) is 0 Å². The topological polar surface area (TPSA) is 180 Å². The number of nitrogens with zero attached hydrogens (tertiary/aromatic N) is 2. The Balaban J connectivity index is 1.89. The largest absolute Gasteiger partial charge is 0.351 e. The van der Waals surface area contributed by atoms with Crippen LogP contribution in [0.1, 0.15) is 19.0 Å². The molecule has 0 aliphatic carbocycles. The van der Waals surface area contributed by atoms with E-state index in [0.29, 0.717) is 6.42 Å². The van der Waals surface area contributed by atoms with Crippen LogP contribution >= 0.6 is 0 Å². The third-order valence-corrected chi connectivity index (χ3v) is 3.43. The number of aromatic nitrogens is 2. The van der Waals surface area contributed by atoms with E-state index >= 15 is 0 Å². The van der Waals surface area contributed by atoms with E-state index in [4.69, 9.17) is 11.5 Å². The summed E-state index contributed by atoms with van der Waals surface area (Å²) >= 11 is 0. The summed E-state index contributed by atoms with van der Waals surface area (Å²) in [5, 5.41) is 7.17. The van der Waals surface area contributed by atoms with E-state index in [1.807, 2.05) is 0 Å². The number of carbonyl (C=O) groups is 3. The van der Waals surface area contributed by atoms with Crippen LogP contribution in [0.3, 0.4) is 0 Å². The van der Waals surface area contributed by atoms with Crippen molar-refractivity contribution in [3.63, 3.8) is 0 Å². The number of nitrogens with two attached hydrogens (primary N) is 2. The van der Waals surface area contributed by atoms with Crippen molar-refractivity contribution in [2.24, 2.45) is 16.5 Å². The molecule has 2 heterocycles. The molecule has 4 amide bonds. The third-order valence-electron chi connectivity index (χ3n) is 3.43. The Hall–Kier alpha value is -2.95. The lowest BCUT2D eigenvalue weighted by Crippen LogP contribution is -2.65. The number of imidazole rings is 1. The fraction of sp³-hybridized carbons (Fsp3) is 0.462. The number of H-pyrrole nitrogens is 1. The molecule has 1 aliphatic rings. The Morgan fingerprint density at radius 2 is 2.25 bits per heavy atom. The van der Waals surface area contributed by atoms with Crippen LogP contribution in [0.5, 0.6) is 0 Å². The van der Waals surface area contributed by atoms with Crippen molar-refractivity contribution in [3.8, 4) is 0 Å². The van der Waals surface area contributed by atoms with Gasteiger partial charge in [0.15, 0.2) is 0 Å². The number of rotatable bonds is 5. The minimum atomic E-state index is -1.23. The SMILES string of the molecule is CC1(NC(=O)CC(N)Cc2cnc[nH]2)CN=C(NC(N)=O)NC1=O. The highest BCUT2D eigenvalue weighted by Gasteiger charge is 2.38. The van der Waals surface area contributed by atoms with Crippen molar-refractivity contribution in [1.82, 2.24) is 25.9 Å². The average molecular weight is 336 g/mol. The van der Waals surface area contributed by atoms with Crippen molar-refractivity contribution in [2.45, 2.75) is 31.3 Å². The van der Waals surface area contributed by atoms with Gasteiger partial charge < -0.3 is 21.8 Å². The summed E-state index contributed by atoms with van der Waals surface area (Å²) in [6.07, 6.45) is 3.67. The minimum Gasteiger partial charge on any atom is -0.351 e. The number of guanidine groups is 1. The predicted octanol–water partition coefficient (Wildman–Crippen LogP) is -2.30. The average Bonchev–Trinajstić information content (AvgIpc) is 2.95. The molecule has 0 bridgehead atoms. The van der Waals surface area contributed by atoms with Crippen molar-refractivity contribution in [1.29, 1.82) is 0 Å². The van der Waals surface area contributed by atoms with Crippen LogP contribution in [0.4, 0.5) is 4.79 Å². The normalized spacial score (nSPS) is 21.4. The number of nitrogens with one attached hydrogen (secondary N) is 4. The van der Waals surface area contributed by atoms with Gasteiger partial charge in [0.25, 0.3) is 5.91 Å². The summed E-state index contributed by atoms with van der Waals surface area (Å²) in [6.45, 7) is 1.50. The molecule has 1 aromatic rings. The van der Waals surface area contributed by atoms with E-state index in [1.54, 1.807) is 6.20 Å². The van der Waals surface area contributed by atoms with Gasteiger partial charge in [0.2, 0.25) is 11.9 Å². The van der Waals surface area contributed by atoms with E-state index in [9.17, 15) is 14.4 Å². The first-order valence-corrected chi connectivity index (χ1v) is 7.25. The second-order valence-corrected chi connectivity index (χ2v) is 5.73. The molecule has 11 heteroatoms. The fourth-order valence-corrected chi connectivity index (χ4v) is 2.23. The van der Waals surface area contributed by atoms with Crippen LogP contribution in [0, 0.1) is 0 Å². The summed E-state index contributed by atoms with van der Waals surface area (Å²) in [5.41, 5.74) is 10.5. The quantitative estimate of drug-likeness (QED) is 0.353. The van der Waals surface area contributed by atoms with Gasteiger partial charge in [0.05, 0.1) is 12.9 Å². The molecule has 0 radical (unpaired) electrons. The van der Waals surface area contributed by atoms with Crippen LogP contribution in [-0.4, -0.2) is 51.9 Å². The van der Waals surface area contributed by atoms with Crippen molar-refractivity contribution in [3.05, 3.63) is 18.2 Å². The maximum atomic E-state index is 12.1. The molecule has 0 saturated carbocycles. The van der Waals surface area contributed by atoms with Crippen molar-refractivity contribution in [2.75, 3.05) is 6.54 Å². The number of hydrogen-bond donors (Lipinski definition) is 6. The van der Waals surface area contributed by atoms with Gasteiger partial charge in [-0.05, 0) is 6.92 Å². The van der Waals surface area contributed by atoms with Gasteiger partial charge in [0, 0.05) is 30.8 Å². The van der Waals surface area contributed by atoms with Gasteiger partial charge in [-0.25, -0.2) is 14.8 Å². The molecule has 2 atom stereocenters.